The van der Waals surface area contributed by atoms with Gasteiger partial charge >= 0.3 is 0 Å². The maximum absolute atomic E-state index is 13.2. The fourth-order valence-electron chi connectivity index (χ4n) is 4.59. The first-order chi connectivity index (χ1) is 12.0. The van der Waals surface area contributed by atoms with Crippen LogP contribution in [-0.4, -0.2) is 42.3 Å². The summed E-state index contributed by atoms with van der Waals surface area (Å²) in [5.41, 5.74) is 0.468. The largest absolute Gasteiger partial charge is 0.313 e. The van der Waals surface area contributed by atoms with Gasteiger partial charge in [0.2, 0.25) is 11.8 Å². The minimum atomic E-state index is -1.13. The first kappa shape index (κ1) is 16.6. The fraction of sp³-hybridized carbons (Fsp3) is 0.500. The normalized spacial score (nSPS) is 33.1. The zero-order valence-corrected chi connectivity index (χ0v) is 15.1. The summed E-state index contributed by atoms with van der Waals surface area (Å²) in [5.74, 6) is -0.0393. The molecule has 25 heavy (non-hydrogen) atoms. The van der Waals surface area contributed by atoms with Crippen molar-refractivity contribution in [2.75, 3.05) is 23.5 Å². The van der Waals surface area contributed by atoms with Crippen LogP contribution in [0.5, 0.6) is 0 Å². The number of amides is 3. The lowest BCUT2D eigenvalue weighted by molar-refractivity contribution is -0.133. The van der Waals surface area contributed by atoms with Gasteiger partial charge in [0.25, 0.3) is 5.91 Å². The van der Waals surface area contributed by atoms with Crippen LogP contribution in [-0.2, 0) is 19.9 Å². The Morgan fingerprint density at radius 2 is 1.96 bits per heavy atom. The molecule has 0 unspecified atom stereocenters. The van der Waals surface area contributed by atoms with Gasteiger partial charge in [-0.15, -0.1) is 0 Å². The number of thioether (sulfide) groups is 1. The van der Waals surface area contributed by atoms with Gasteiger partial charge < -0.3 is 4.90 Å². The van der Waals surface area contributed by atoms with Crippen LogP contribution in [0.15, 0.2) is 24.3 Å². The number of rotatable bonds is 4. The molecule has 2 saturated heterocycles. The summed E-state index contributed by atoms with van der Waals surface area (Å²) in [5, 5.41) is 5.90. The highest BCUT2D eigenvalue weighted by atomic mass is 32.2. The Labute approximate surface area is 150 Å². The summed E-state index contributed by atoms with van der Waals surface area (Å²) in [4.78, 5) is 39.9. The van der Waals surface area contributed by atoms with Crippen LogP contribution in [0.2, 0.25) is 0 Å². The molecule has 3 aliphatic rings. The quantitative estimate of drug-likeness (QED) is 0.616. The molecule has 0 saturated carbocycles. The van der Waals surface area contributed by atoms with Crippen LogP contribution >= 0.6 is 11.8 Å². The summed E-state index contributed by atoms with van der Waals surface area (Å²) >= 11 is 1.80. The molecule has 1 aromatic carbocycles. The molecular weight excluding hydrogens is 338 g/mol. The standard InChI is InChI=1S/C18H21N3O3S/c1-3-25-9-8-11-13-14(16(23)19-15(13)22)18(20-11)10-6-4-5-7-12(10)21(2)17(18)24/h4-7,11,13-14,20H,3,8-9H2,1-2H3,(H,19,22,23)/t11-,13+,14-,18+/m0/s1. The topological polar surface area (TPSA) is 78.5 Å². The molecule has 7 heteroatoms. The molecule has 2 N–H and O–H groups in total. The second kappa shape index (κ2) is 5.85. The first-order valence-electron chi connectivity index (χ1n) is 8.60. The number of likely N-dealkylation sites (N-methyl/N-ethyl adjacent to an activating group) is 1. The maximum atomic E-state index is 13.2. The third-order valence-electron chi connectivity index (χ3n) is 5.61. The van der Waals surface area contributed by atoms with E-state index < -0.39 is 17.4 Å². The summed E-state index contributed by atoms with van der Waals surface area (Å²) in [6, 6.07) is 7.34. The Bertz CT molecular complexity index is 768. The van der Waals surface area contributed by atoms with Crippen molar-refractivity contribution in [1.29, 1.82) is 0 Å². The average Bonchev–Trinajstić information content (AvgIpc) is 3.17. The van der Waals surface area contributed by atoms with Crippen molar-refractivity contribution in [3.05, 3.63) is 29.8 Å². The van der Waals surface area contributed by atoms with Crippen molar-refractivity contribution in [1.82, 2.24) is 10.6 Å². The summed E-state index contributed by atoms with van der Waals surface area (Å²) < 4.78 is 0. The molecule has 0 radical (unpaired) electrons. The van der Waals surface area contributed by atoms with Crippen LogP contribution in [0.3, 0.4) is 0 Å². The smallest absolute Gasteiger partial charge is 0.252 e. The molecule has 3 aliphatic heterocycles. The predicted octanol–water partition coefficient (Wildman–Crippen LogP) is 0.862. The maximum Gasteiger partial charge on any atom is 0.252 e. The third-order valence-corrected chi connectivity index (χ3v) is 6.55. The molecule has 2 fully saturated rings. The second-order valence-corrected chi connectivity index (χ2v) is 8.18. The number of hydrogen-bond donors (Lipinski definition) is 2. The number of hydrogen-bond acceptors (Lipinski definition) is 5. The van der Waals surface area contributed by atoms with Gasteiger partial charge in [0.1, 0.15) is 5.54 Å². The Hall–Kier alpha value is -1.86. The van der Waals surface area contributed by atoms with Crippen molar-refractivity contribution in [2.24, 2.45) is 11.8 Å². The Kier molecular flexibility index (Phi) is 3.88. The van der Waals surface area contributed by atoms with Crippen LogP contribution in [0.1, 0.15) is 18.9 Å². The lowest BCUT2D eigenvalue weighted by Crippen LogP contribution is -2.54. The van der Waals surface area contributed by atoms with Gasteiger partial charge in [0.15, 0.2) is 0 Å². The zero-order chi connectivity index (χ0) is 17.8. The van der Waals surface area contributed by atoms with E-state index in [1.165, 1.54) is 0 Å². The number of para-hydroxylation sites is 1. The van der Waals surface area contributed by atoms with Gasteiger partial charge in [0.05, 0.1) is 11.8 Å². The number of carbonyl (C=O) groups excluding carboxylic acids is 3. The fourth-order valence-corrected chi connectivity index (χ4v) is 5.29. The van der Waals surface area contributed by atoms with E-state index in [0.29, 0.717) is 0 Å². The van der Waals surface area contributed by atoms with E-state index in [-0.39, 0.29) is 23.8 Å². The first-order valence-corrected chi connectivity index (χ1v) is 9.75. The van der Waals surface area contributed by atoms with E-state index in [9.17, 15) is 14.4 Å². The lowest BCUT2D eigenvalue weighted by Gasteiger charge is -2.28. The number of anilines is 1. The average molecular weight is 359 g/mol. The summed E-state index contributed by atoms with van der Waals surface area (Å²) in [7, 11) is 1.72. The molecule has 1 aromatic rings. The molecule has 6 nitrogen and oxygen atoms in total. The van der Waals surface area contributed by atoms with Crippen molar-refractivity contribution >= 4 is 35.2 Å². The predicted molar refractivity (Wildman–Crippen MR) is 96.2 cm³/mol. The van der Waals surface area contributed by atoms with Crippen molar-refractivity contribution in [3.63, 3.8) is 0 Å². The van der Waals surface area contributed by atoms with Gasteiger partial charge in [-0.25, -0.2) is 0 Å². The van der Waals surface area contributed by atoms with Crippen LogP contribution in [0.25, 0.3) is 0 Å². The number of nitrogens with zero attached hydrogens (tertiary/aromatic N) is 1. The molecular formula is C18H21N3O3S. The van der Waals surface area contributed by atoms with Gasteiger partial charge in [-0.05, 0) is 24.0 Å². The number of nitrogens with one attached hydrogen (secondary N) is 2. The van der Waals surface area contributed by atoms with E-state index in [1.807, 2.05) is 24.3 Å². The molecule has 3 heterocycles. The molecule has 0 aliphatic carbocycles. The zero-order valence-electron chi connectivity index (χ0n) is 14.2. The third kappa shape index (κ3) is 2.12. The molecule has 3 amide bonds. The van der Waals surface area contributed by atoms with Crippen molar-refractivity contribution < 1.29 is 14.4 Å². The molecule has 4 rings (SSSR count). The minimum absolute atomic E-state index is 0.154. The highest BCUT2D eigenvalue weighted by Crippen LogP contribution is 2.53. The second-order valence-electron chi connectivity index (χ2n) is 6.78. The van der Waals surface area contributed by atoms with Gasteiger partial charge in [-0.2, -0.15) is 11.8 Å². The molecule has 132 valence electrons. The van der Waals surface area contributed by atoms with Crippen LogP contribution in [0.4, 0.5) is 5.69 Å². The monoisotopic (exact) mass is 359 g/mol. The minimum Gasteiger partial charge on any atom is -0.313 e. The highest BCUT2D eigenvalue weighted by molar-refractivity contribution is 7.99. The highest BCUT2D eigenvalue weighted by Gasteiger charge is 2.69. The Morgan fingerprint density at radius 3 is 2.72 bits per heavy atom. The van der Waals surface area contributed by atoms with E-state index in [1.54, 1.807) is 23.7 Å². The van der Waals surface area contributed by atoms with Gasteiger partial charge in [-0.3, -0.25) is 25.0 Å². The van der Waals surface area contributed by atoms with E-state index in [0.717, 1.165) is 29.2 Å². The Morgan fingerprint density at radius 1 is 1.20 bits per heavy atom. The Balaban J connectivity index is 1.81. The molecule has 4 atom stereocenters. The number of benzene rings is 1. The van der Waals surface area contributed by atoms with Crippen molar-refractivity contribution in [3.8, 4) is 0 Å². The van der Waals surface area contributed by atoms with Gasteiger partial charge in [0, 0.05) is 24.3 Å². The van der Waals surface area contributed by atoms with Crippen LogP contribution in [0, 0.1) is 11.8 Å². The molecule has 0 aromatic heterocycles. The molecule has 0 bridgehead atoms. The summed E-state index contributed by atoms with van der Waals surface area (Å²) in [6.45, 7) is 2.09. The van der Waals surface area contributed by atoms with E-state index in [2.05, 4.69) is 17.6 Å². The lowest BCUT2D eigenvalue weighted by atomic mass is 9.76. The molecule has 1 spiro atoms. The summed E-state index contributed by atoms with van der Waals surface area (Å²) in [6.07, 6.45) is 0.751. The SMILES string of the molecule is CCSCC[C@@H]1N[C@@]2(C(=O)N(C)c3ccccc32)[C@@H]2C(=O)NC(=O)[C@H]12. The van der Waals surface area contributed by atoms with Gasteiger partial charge in [-0.1, -0.05) is 25.1 Å². The number of imide groups is 1. The number of fused-ring (bicyclic) bond motifs is 4. The van der Waals surface area contributed by atoms with E-state index in [4.69, 9.17) is 0 Å². The van der Waals surface area contributed by atoms with E-state index >= 15 is 0 Å². The number of carbonyl (C=O) groups is 3. The van der Waals surface area contributed by atoms with Crippen molar-refractivity contribution in [2.45, 2.75) is 24.9 Å². The van der Waals surface area contributed by atoms with Crippen LogP contribution < -0.4 is 15.5 Å².